The standard InChI is InChI=1S/C12H23NO/c1-12(2,3)11(14)8-9-13(4)10-6-5-7-10/h10H,5-9H2,1-4H3. The normalized spacial score (nSPS) is 18.4. The van der Waals surface area contributed by atoms with Crippen LogP contribution in [0, 0.1) is 5.41 Å². The number of hydrogen-bond donors (Lipinski definition) is 0. The highest BCUT2D eigenvalue weighted by Crippen LogP contribution is 2.24. The molecule has 0 unspecified atom stereocenters. The van der Waals surface area contributed by atoms with Gasteiger partial charge in [0.2, 0.25) is 0 Å². The molecule has 0 bridgehead atoms. The third-order valence-corrected chi connectivity index (χ3v) is 3.23. The molecule has 1 aliphatic rings. The molecule has 0 saturated heterocycles. The van der Waals surface area contributed by atoms with Crippen LogP contribution in [0.4, 0.5) is 0 Å². The van der Waals surface area contributed by atoms with Gasteiger partial charge in [0.25, 0.3) is 0 Å². The van der Waals surface area contributed by atoms with Gasteiger partial charge in [-0.15, -0.1) is 0 Å². The zero-order valence-electron chi connectivity index (χ0n) is 9.97. The van der Waals surface area contributed by atoms with E-state index in [9.17, 15) is 4.79 Å². The Bertz CT molecular complexity index is 201. The second-order valence-electron chi connectivity index (χ2n) is 5.49. The van der Waals surface area contributed by atoms with E-state index >= 15 is 0 Å². The topological polar surface area (TPSA) is 20.3 Å². The number of ketones is 1. The fourth-order valence-corrected chi connectivity index (χ4v) is 1.66. The average Bonchev–Trinajstić information content (AvgIpc) is 1.94. The molecule has 0 amide bonds. The van der Waals surface area contributed by atoms with Crippen LogP contribution < -0.4 is 0 Å². The van der Waals surface area contributed by atoms with Crippen LogP contribution in [0.5, 0.6) is 0 Å². The maximum atomic E-state index is 11.7. The van der Waals surface area contributed by atoms with Crippen molar-refractivity contribution in [1.82, 2.24) is 4.90 Å². The zero-order chi connectivity index (χ0) is 10.8. The summed E-state index contributed by atoms with van der Waals surface area (Å²) < 4.78 is 0. The number of hydrogen-bond acceptors (Lipinski definition) is 2. The minimum absolute atomic E-state index is 0.166. The summed E-state index contributed by atoms with van der Waals surface area (Å²) in [5.41, 5.74) is -0.166. The van der Waals surface area contributed by atoms with Crippen molar-refractivity contribution in [2.75, 3.05) is 13.6 Å². The summed E-state index contributed by atoms with van der Waals surface area (Å²) in [6, 6.07) is 0.753. The van der Waals surface area contributed by atoms with Crippen molar-refractivity contribution < 1.29 is 4.79 Å². The first-order chi connectivity index (χ1) is 6.41. The van der Waals surface area contributed by atoms with E-state index in [0.29, 0.717) is 12.2 Å². The molecule has 2 nitrogen and oxygen atoms in total. The van der Waals surface area contributed by atoms with Gasteiger partial charge in [0.05, 0.1) is 0 Å². The molecule has 0 aromatic carbocycles. The molecular weight excluding hydrogens is 174 g/mol. The first-order valence-corrected chi connectivity index (χ1v) is 5.65. The van der Waals surface area contributed by atoms with E-state index in [-0.39, 0.29) is 5.41 Å². The highest BCUT2D eigenvalue weighted by molar-refractivity contribution is 5.83. The first-order valence-electron chi connectivity index (χ1n) is 5.65. The number of Topliss-reactive ketones (excluding diaryl/α,β-unsaturated/α-hetero) is 1. The van der Waals surface area contributed by atoms with Gasteiger partial charge in [0.15, 0.2) is 0 Å². The molecule has 0 atom stereocenters. The molecule has 2 heteroatoms. The SMILES string of the molecule is CN(CCC(=O)C(C)(C)C)C1CCC1. The minimum Gasteiger partial charge on any atom is -0.303 e. The predicted molar refractivity (Wildman–Crippen MR) is 59.3 cm³/mol. The number of rotatable bonds is 4. The van der Waals surface area contributed by atoms with Gasteiger partial charge in [0, 0.05) is 24.4 Å². The van der Waals surface area contributed by atoms with Crippen molar-refractivity contribution in [3.8, 4) is 0 Å². The van der Waals surface area contributed by atoms with Crippen molar-refractivity contribution in [3.63, 3.8) is 0 Å². The quantitative estimate of drug-likeness (QED) is 0.690. The maximum absolute atomic E-state index is 11.7. The molecule has 1 aliphatic carbocycles. The molecule has 0 heterocycles. The summed E-state index contributed by atoms with van der Waals surface area (Å²) in [5, 5.41) is 0. The molecule has 1 saturated carbocycles. The Labute approximate surface area is 87.7 Å². The second-order valence-corrected chi connectivity index (χ2v) is 5.49. The lowest BCUT2D eigenvalue weighted by atomic mass is 9.88. The molecule has 0 aromatic heterocycles. The van der Waals surface area contributed by atoms with Crippen LogP contribution in [0.1, 0.15) is 46.5 Å². The largest absolute Gasteiger partial charge is 0.303 e. The van der Waals surface area contributed by atoms with Crippen LogP contribution in [-0.2, 0) is 4.79 Å². The van der Waals surface area contributed by atoms with E-state index in [0.717, 1.165) is 12.6 Å². The van der Waals surface area contributed by atoms with Gasteiger partial charge >= 0.3 is 0 Å². The van der Waals surface area contributed by atoms with Crippen LogP contribution in [0.25, 0.3) is 0 Å². The second kappa shape index (κ2) is 4.43. The highest BCUT2D eigenvalue weighted by Gasteiger charge is 2.25. The summed E-state index contributed by atoms with van der Waals surface area (Å²) in [6.45, 7) is 6.93. The Morgan fingerprint density at radius 1 is 1.36 bits per heavy atom. The Morgan fingerprint density at radius 2 is 1.93 bits per heavy atom. The lowest BCUT2D eigenvalue weighted by Crippen LogP contribution is -2.39. The average molecular weight is 197 g/mol. The third kappa shape index (κ3) is 3.09. The van der Waals surface area contributed by atoms with Crippen LogP contribution >= 0.6 is 0 Å². The molecular formula is C12H23NO. The van der Waals surface area contributed by atoms with E-state index in [2.05, 4.69) is 11.9 Å². The zero-order valence-corrected chi connectivity index (χ0v) is 9.97. The van der Waals surface area contributed by atoms with E-state index < -0.39 is 0 Å². The Kier molecular flexibility index (Phi) is 3.71. The first kappa shape index (κ1) is 11.7. The summed E-state index contributed by atoms with van der Waals surface area (Å²) in [4.78, 5) is 14.0. The summed E-state index contributed by atoms with van der Waals surface area (Å²) in [7, 11) is 2.14. The van der Waals surface area contributed by atoms with Gasteiger partial charge in [-0.25, -0.2) is 0 Å². The highest BCUT2D eigenvalue weighted by atomic mass is 16.1. The summed E-state index contributed by atoms with van der Waals surface area (Å²) >= 11 is 0. The van der Waals surface area contributed by atoms with Crippen LogP contribution in [0.3, 0.4) is 0 Å². The van der Waals surface area contributed by atoms with Gasteiger partial charge in [-0.2, -0.15) is 0 Å². The molecule has 82 valence electrons. The van der Waals surface area contributed by atoms with Crippen molar-refractivity contribution in [2.24, 2.45) is 5.41 Å². The molecule has 1 rings (SSSR count). The van der Waals surface area contributed by atoms with Crippen LogP contribution in [-0.4, -0.2) is 30.3 Å². The Balaban J connectivity index is 2.22. The predicted octanol–water partition coefficient (Wildman–Crippen LogP) is 2.48. The van der Waals surface area contributed by atoms with E-state index in [1.807, 2.05) is 20.8 Å². The molecule has 0 N–H and O–H groups in total. The Morgan fingerprint density at radius 3 is 2.29 bits per heavy atom. The van der Waals surface area contributed by atoms with Crippen molar-refractivity contribution in [3.05, 3.63) is 0 Å². The van der Waals surface area contributed by atoms with E-state index in [1.165, 1.54) is 19.3 Å². The lowest BCUT2D eigenvalue weighted by Gasteiger charge is -2.35. The lowest BCUT2D eigenvalue weighted by molar-refractivity contribution is -0.126. The number of carbonyl (C=O) groups excluding carboxylic acids is 1. The van der Waals surface area contributed by atoms with Gasteiger partial charge in [-0.1, -0.05) is 27.2 Å². The van der Waals surface area contributed by atoms with Crippen molar-refractivity contribution in [1.29, 1.82) is 0 Å². The smallest absolute Gasteiger partial charge is 0.139 e. The van der Waals surface area contributed by atoms with E-state index in [4.69, 9.17) is 0 Å². The summed E-state index contributed by atoms with van der Waals surface area (Å²) in [5.74, 6) is 0.378. The monoisotopic (exact) mass is 197 g/mol. The van der Waals surface area contributed by atoms with Gasteiger partial charge in [0.1, 0.15) is 5.78 Å². The van der Waals surface area contributed by atoms with Crippen LogP contribution in [0.2, 0.25) is 0 Å². The maximum Gasteiger partial charge on any atom is 0.139 e. The Hall–Kier alpha value is -0.370. The fraction of sp³-hybridized carbons (Fsp3) is 0.917. The molecule has 1 fully saturated rings. The molecule has 14 heavy (non-hydrogen) atoms. The summed E-state index contributed by atoms with van der Waals surface area (Å²) in [6.07, 6.45) is 4.71. The van der Waals surface area contributed by atoms with E-state index in [1.54, 1.807) is 0 Å². The minimum atomic E-state index is -0.166. The molecule has 0 aromatic rings. The van der Waals surface area contributed by atoms with Gasteiger partial charge < -0.3 is 4.90 Å². The van der Waals surface area contributed by atoms with Crippen LogP contribution in [0.15, 0.2) is 0 Å². The number of carbonyl (C=O) groups is 1. The van der Waals surface area contributed by atoms with Gasteiger partial charge in [-0.3, -0.25) is 4.79 Å². The number of nitrogens with zero attached hydrogens (tertiary/aromatic N) is 1. The van der Waals surface area contributed by atoms with Crippen molar-refractivity contribution >= 4 is 5.78 Å². The molecule has 0 spiro atoms. The fourth-order valence-electron chi connectivity index (χ4n) is 1.66. The molecule has 0 radical (unpaired) electrons. The van der Waals surface area contributed by atoms with Crippen molar-refractivity contribution in [2.45, 2.75) is 52.5 Å². The van der Waals surface area contributed by atoms with Gasteiger partial charge in [-0.05, 0) is 19.9 Å². The molecule has 0 aliphatic heterocycles. The third-order valence-electron chi connectivity index (χ3n) is 3.23.